The second-order valence-electron chi connectivity index (χ2n) is 3.63. The summed E-state index contributed by atoms with van der Waals surface area (Å²) in [6.07, 6.45) is 3.39. The molecule has 1 aliphatic rings. The number of rotatable bonds is 1. The third-order valence-corrected chi connectivity index (χ3v) is 2.64. The first-order valence-electron chi connectivity index (χ1n) is 5.04. The van der Waals surface area contributed by atoms with Crippen molar-refractivity contribution in [3.05, 3.63) is 23.0 Å². The number of anilines is 1. The maximum Gasteiger partial charge on any atom is 0.0638 e. The van der Waals surface area contributed by atoms with Crippen molar-refractivity contribution in [2.24, 2.45) is 0 Å². The van der Waals surface area contributed by atoms with E-state index in [9.17, 15) is 0 Å². The number of nitrogens with zero attached hydrogens (tertiary/aromatic N) is 1. The minimum Gasteiger partial charge on any atom is -0.384 e. The van der Waals surface area contributed by atoms with Crippen molar-refractivity contribution in [2.45, 2.75) is 33.1 Å². The number of hydrogen-bond donors (Lipinski definition) is 1. The van der Waals surface area contributed by atoms with Crippen molar-refractivity contribution in [2.75, 3.05) is 11.9 Å². The van der Waals surface area contributed by atoms with Gasteiger partial charge in [0, 0.05) is 12.2 Å². The van der Waals surface area contributed by atoms with Gasteiger partial charge in [0.1, 0.15) is 0 Å². The molecule has 1 aliphatic heterocycles. The summed E-state index contributed by atoms with van der Waals surface area (Å²) in [5, 5.41) is 3.39. The van der Waals surface area contributed by atoms with E-state index in [0.29, 0.717) is 0 Å². The van der Waals surface area contributed by atoms with Gasteiger partial charge in [-0.3, -0.25) is 4.98 Å². The fraction of sp³-hybridized carbons (Fsp3) is 0.545. The molecule has 0 aliphatic carbocycles. The first kappa shape index (κ1) is 8.54. The van der Waals surface area contributed by atoms with E-state index in [4.69, 9.17) is 0 Å². The van der Waals surface area contributed by atoms with Gasteiger partial charge in [-0.05, 0) is 37.8 Å². The van der Waals surface area contributed by atoms with E-state index in [2.05, 4.69) is 30.2 Å². The molecule has 2 nitrogen and oxygen atoms in total. The van der Waals surface area contributed by atoms with Crippen molar-refractivity contribution in [1.82, 2.24) is 4.98 Å². The van der Waals surface area contributed by atoms with E-state index in [1.165, 1.54) is 29.1 Å². The van der Waals surface area contributed by atoms with Crippen LogP contribution in [0.1, 0.15) is 30.3 Å². The number of pyridine rings is 1. The highest BCUT2D eigenvalue weighted by atomic mass is 14.9. The zero-order valence-electron chi connectivity index (χ0n) is 8.35. The molecule has 0 radical (unpaired) electrons. The Morgan fingerprint density at radius 3 is 3.15 bits per heavy atom. The maximum absolute atomic E-state index is 4.67. The van der Waals surface area contributed by atoms with Gasteiger partial charge in [0.05, 0.1) is 11.4 Å². The Hall–Kier alpha value is -1.05. The lowest BCUT2D eigenvalue weighted by Gasteiger charge is -2.18. The van der Waals surface area contributed by atoms with Crippen LogP contribution in [0, 0.1) is 6.92 Å². The van der Waals surface area contributed by atoms with Crippen LogP contribution in [-0.2, 0) is 12.8 Å². The minimum absolute atomic E-state index is 1.04. The Morgan fingerprint density at radius 1 is 1.54 bits per heavy atom. The normalized spacial score (nSPS) is 14.9. The fourth-order valence-corrected chi connectivity index (χ4v) is 1.87. The lowest BCUT2D eigenvalue weighted by molar-refractivity contribution is 0.788. The Kier molecular flexibility index (Phi) is 2.21. The molecule has 0 saturated carbocycles. The standard InChI is InChI=1S/C11H16N2/c1-3-9-8(2)7-11-10(13-9)5-4-6-12-11/h7,12H,3-6H2,1-2H3. The largest absolute Gasteiger partial charge is 0.384 e. The number of aromatic nitrogens is 1. The average molecular weight is 176 g/mol. The average Bonchev–Trinajstić information content (AvgIpc) is 2.17. The van der Waals surface area contributed by atoms with Crippen molar-refractivity contribution in [3.8, 4) is 0 Å². The summed E-state index contributed by atoms with van der Waals surface area (Å²) in [6, 6.07) is 2.24. The Bertz CT molecular complexity index is 318. The lowest BCUT2D eigenvalue weighted by Crippen LogP contribution is -2.14. The summed E-state index contributed by atoms with van der Waals surface area (Å²) in [4.78, 5) is 4.67. The first-order chi connectivity index (χ1) is 6.31. The number of hydrogen-bond acceptors (Lipinski definition) is 2. The van der Waals surface area contributed by atoms with Crippen LogP contribution in [0.3, 0.4) is 0 Å². The van der Waals surface area contributed by atoms with Crippen LogP contribution < -0.4 is 5.32 Å². The molecule has 0 fully saturated rings. The molecule has 0 saturated heterocycles. The van der Waals surface area contributed by atoms with Gasteiger partial charge in [-0.1, -0.05) is 6.92 Å². The van der Waals surface area contributed by atoms with Crippen molar-refractivity contribution in [3.63, 3.8) is 0 Å². The van der Waals surface area contributed by atoms with Gasteiger partial charge in [0.15, 0.2) is 0 Å². The van der Waals surface area contributed by atoms with Crippen LogP contribution >= 0.6 is 0 Å². The third-order valence-electron chi connectivity index (χ3n) is 2.64. The molecule has 0 unspecified atom stereocenters. The summed E-state index contributed by atoms with van der Waals surface area (Å²) in [7, 11) is 0. The molecule has 13 heavy (non-hydrogen) atoms. The van der Waals surface area contributed by atoms with E-state index in [1.807, 2.05) is 0 Å². The van der Waals surface area contributed by atoms with Crippen molar-refractivity contribution in [1.29, 1.82) is 0 Å². The highest BCUT2D eigenvalue weighted by Gasteiger charge is 2.11. The lowest BCUT2D eigenvalue weighted by atomic mass is 10.1. The molecular weight excluding hydrogens is 160 g/mol. The molecule has 2 rings (SSSR count). The molecule has 0 atom stereocenters. The SMILES string of the molecule is CCc1nc2c(cc1C)NCCC2. The molecule has 1 aromatic rings. The molecule has 0 bridgehead atoms. The predicted molar refractivity (Wildman–Crippen MR) is 55.2 cm³/mol. The van der Waals surface area contributed by atoms with Crippen LogP contribution in [0.5, 0.6) is 0 Å². The molecule has 0 spiro atoms. The molecule has 2 heterocycles. The first-order valence-corrected chi connectivity index (χ1v) is 5.04. The number of fused-ring (bicyclic) bond motifs is 1. The van der Waals surface area contributed by atoms with Gasteiger partial charge in [0.2, 0.25) is 0 Å². The van der Waals surface area contributed by atoms with E-state index in [1.54, 1.807) is 0 Å². The number of nitrogens with one attached hydrogen (secondary N) is 1. The molecule has 1 aromatic heterocycles. The Balaban J connectivity index is 2.44. The number of aryl methyl sites for hydroxylation is 3. The third kappa shape index (κ3) is 1.53. The zero-order valence-corrected chi connectivity index (χ0v) is 8.35. The Morgan fingerprint density at radius 2 is 2.38 bits per heavy atom. The van der Waals surface area contributed by atoms with Gasteiger partial charge >= 0.3 is 0 Å². The van der Waals surface area contributed by atoms with Crippen molar-refractivity contribution < 1.29 is 0 Å². The van der Waals surface area contributed by atoms with E-state index in [0.717, 1.165) is 19.4 Å². The van der Waals surface area contributed by atoms with Crippen LogP contribution in [0.2, 0.25) is 0 Å². The summed E-state index contributed by atoms with van der Waals surface area (Å²) in [5.74, 6) is 0. The molecule has 1 N–H and O–H groups in total. The summed E-state index contributed by atoms with van der Waals surface area (Å²) in [5.41, 5.74) is 5.08. The summed E-state index contributed by atoms with van der Waals surface area (Å²) >= 11 is 0. The van der Waals surface area contributed by atoms with Gasteiger partial charge < -0.3 is 5.32 Å². The zero-order chi connectivity index (χ0) is 9.26. The maximum atomic E-state index is 4.67. The topological polar surface area (TPSA) is 24.9 Å². The smallest absolute Gasteiger partial charge is 0.0638 e. The summed E-state index contributed by atoms with van der Waals surface area (Å²) in [6.45, 7) is 5.40. The van der Waals surface area contributed by atoms with E-state index < -0.39 is 0 Å². The van der Waals surface area contributed by atoms with E-state index >= 15 is 0 Å². The molecular formula is C11H16N2. The van der Waals surface area contributed by atoms with Crippen LogP contribution in [0.4, 0.5) is 5.69 Å². The summed E-state index contributed by atoms with van der Waals surface area (Å²) < 4.78 is 0. The quantitative estimate of drug-likeness (QED) is 0.710. The highest BCUT2D eigenvalue weighted by molar-refractivity contribution is 5.52. The second-order valence-corrected chi connectivity index (χ2v) is 3.63. The minimum atomic E-state index is 1.04. The molecule has 2 heteroatoms. The Labute approximate surface area is 79.4 Å². The molecule has 0 amide bonds. The molecule has 70 valence electrons. The van der Waals surface area contributed by atoms with Crippen LogP contribution in [-0.4, -0.2) is 11.5 Å². The van der Waals surface area contributed by atoms with Gasteiger partial charge in [-0.15, -0.1) is 0 Å². The predicted octanol–water partition coefficient (Wildman–Crippen LogP) is 2.31. The highest BCUT2D eigenvalue weighted by Crippen LogP contribution is 2.22. The van der Waals surface area contributed by atoms with Gasteiger partial charge in [0.25, 0.3) is 0 Å². The molecule has 0 aromatic carbocycles. The van der Waals surface area contributed by atoms with Gasteiger partial charge in [-0.2, -0.15) is 0 Å². The van der Waals surface area contributed by atoms with E-state index in [-0.39, 0.29) is 0 Å². The van der Waals surface area contributed by atoms with Gasteiger partial charge in [-0.25, -0.2) is 0 Å². The van der Waals surface area contributed by atoms with Crippen molar-refractivity contribution >= 4 is 5.69 Å². The second kappa shape index (κ2) is 3.36. The monoisotopic (exact) mass is 176 g/mol. The fourth-order valence-electron chi connectivity index (χ4n) is 1.87. The van der Waals surface area contributed by atoms with Crippen LogP contribution in [0.25, 0.3) is 0 Å². The van der Waals surface area contributed by atoms with Crippen LogP contribution in [0.15, 0.2) is 6.07 Å².